The number of rotatable bonds is 13. The van der Waals surface area contributed by atoms with Gasteiger partial charge in [0.05, 0.1) is 23.4 Å². The monoisotopic (exact) mass is 596 g/mol. The van der Waals surface area contributed by atoms with Gasteiger partial charge in [0, 0.05) is 49.3 Å². The number of para-hydroxylation sites is 1. The van der Waals surface area contributed by atoms with Gasteiger partial charge in [0.2, 0.25) is 11.8 Å². The van der Waals surface area contributed by atoms with Crippen LogP contribution in [0.15, 0.2) is 36.4 Å². The largest absolute Gasteiger partial charge is 0.478 e. The molecule has 2 rings (SSSR count). The predicted octanol–water partition coefficient (Wildman–Crippen LogP) is 2.75. The Labute approximate surface area is 247 Å². The first kappa shape index (κ1) is 36.0. The Bertz CT molecular complexity index is 1050. The van der Waals surface area contributed by atoms with E-state index in [1.54, 1.807) is 11.0 Å². The maximum absolute atomic E-state index is 12.9. The number of aliphatic hydroxyl groups excluding tert-OH is 1. The van der Waals surface area contributed by atoms with Gasteiger partial charge in [0.1, 0.15) is 0 Å². The number of aliphatic hydroxyl groups is 1. The number of hydrogen-bond donors (Lipinski definition) is 5. The molecule has 11 nitrogen and oxygen atoms in total. The molecule has 3 atom stereocenters. The fourth-order valence-corrected chi connectivity index (χ4v) is 4.63. The number of nitrogens with two attached hydrogens (primary N) is 1. The summed E-state index contributed by atoms with van der Waals surface area (Å²) in [4.78, 5) is 48.4. The average Bonchev–Trinajstić information content (AvgIpc) is 2.88. The molecule has 1 heterocycles. The number of amides is 2. The molecule has 1 aromatic carbocycles. The second-order valence-electron chi connectivity index (χ2n) is 11.1. The molecule has 0 bridgehead atoms. The van der Waals surface area contributed by atoms with Crippen molar-refractivity contribution in [2.24, 2.45) is 17.6 Å². The summed E-state index contributed by atoms with van der Waals surface area (Å²) in [6.07, 6.45) is 2.51. The van der Waals surface area contributed by atoms with Crippen LogP contribution in [0.25, 0.3) is 0 Å². The molecule has 0 radical (unpaired) electrons. The number of carbonyl (C=O) groups is 4. The zero-order valence-electron chi connectivity index (χ0n) is 24.5. The lowest BCUT2D eigenvalue weighted by atomic mass is 9.87. The van der Waals surface area contributed by atoms with Gasteiger partial charge in [-0.25, -0.2) is 9.59 Å². The first-order valence-corrected chi connectivity index (χ1v) is 14.1. The van der Waals surface area contributed by atoms with Crippen molar-refractivity contribution in [2.45, 2.75) is 71.6 Å². The van der Waals surface area contributed by atoms with E-state index in [0.29, 0.717) is 48.9 Å². The topological polar surface area (TPSA) is 173 Å². The number of unbranched alkanes of at least 4 members (excludes halogenated alkanes) is 1. The summed E-state index contributed by atoms with van der Waals surface area (Å²) in [6.45, 7) is 11.8. The lowest BCUT2D eigenvalue weighted by Crippen LogP contribution is -2.64. The van der Waals surface area contributed by atoms with Crippen molar-refractivity contribution in [2.75, 3.05) is 31.1 Å². The van der Waals surface area contributed by atoms with Crippen LogP contribution in [0.2, 0.25) is 5.02 Å². The van der Waals surface area contributed by atoms with E-state index in [0.717, 1.165) is 12.8 Å². The van der Waals surface area contributed by atoms with Crippen molar-refractivity contribution in [1.29, 1.82) is 0 Å². The van der Waals surface area contributed by atoms with Crippen LogP contribution < -0.4 is 16.0 Å². The van der Waals surface area contributed by atoms with Crippen molar-refractivity contribution < 1.29 is 34.5 Å². The summed E-state index contributed by atoms with van der Waals surface area (Å²) < 4.78 is 0. The minimum absolute atomic E-state index is 0.0337. The Hall–Kier alpha value is -2.99. The quantitative estimate of drug-likeness (QED) is 0.169. The van der Waals surface area contributed by atoms with Gasteiger partial charge < -0.3 is 31.3 Å². The van der Waals surface area contributed by atoms with Crippen LogP contribution in [0.5, 0.6) is 0 Å². The van der Waals surface area contributed by atoms with Gasteiger partial charge in [-0.2, -0.15) is 0 Å². The zero-order valence-corrected chi connectivity index (χ0v) is 25.3. The van der Waals surface area contributed by atoms with Crippen LogP contribution in [0.3, 0.4) is 0 Å². The minimum atomic E-state index is -1.26. The second kappa shape index (κ2) is 17.1. The highest BCUT2D eigenvalue weighted by Crippen LogP contribution is 2.31. The first-order valence-electron chi connectivity index (χ1n) is 13.8. The molecule has 0 spiro atoms. The standard InChI is InChI=1S/C25H41ClN4O3.C4H4O4/c1-6-7-12-28-24(33)18(17(2)3)13-22(31)20(27)14-29-15-23(32)30(16-25(29,4)5)21-11-9-8-10-19(21)26;5-3(6)1-2-4(7)8/h8-11,17-18,20,22,31H,6-7,12-16,27H2,1-5H3,(H,28,33);1-2H,(H,5,6)(H,7,8)/t18-,20-,22-;/m0./s1. The highest BCUT2D eigenvalue weighted by molar-refractivity contribution is 6.33. The van der Waals surface area contributed by atoms with Crippen LogP contribution in [-0.4, -0.2) is 87.8 Å². The van der Waals surface area contributed by atoms with Crippen molar-refractivity contribution >= 4 is 41.0 Å². The van der Waals surface area contributed by atoms with E-state index in [2.05, 4.69) is 26.1 Å². The second-order valence-corrected chi connectivity index (χ2v) is 11.5. The molecule has 0 aliphatic carbocycles. The molecule has 41 heavy (non-hydrogen) atoms. The molecular weight excluding hydrogens is 552 g/mol. The number of carboxylic acids is 2. The van der Waals surface area contributed by atoms with E-state index in [4.69, 9.17) is 27.5 Å². The summed E-state index contributed by atoms with van der Waals surface area (Å²) in [5, 5.41) is 30.0. The molecule has 1 aromatic rings. The number of halogens is 1. The summed E-state index contributed by atoms with van der Waals surface area (Å²) in [6, 6.07) is 6.75. The summed E-state index contributed by atoms with van der Waals surface area (Å²) in [7, 11) is 0. The number of piperazine rings is 1. The SMILES string of the molecule is CCCCNC(=O)[C@@H](C[C@H](O)[C@@H](N)CN1CC(=O)N(c2ccccc2Cl)CC1(C)C)C(C)C.O=C(O)C=CC(=O)O. The Morgan fingerprint density at radius 3 is 2.24 bits per heavy atom. The lowest BCUT2D eigenvalue weighted by Gasteiger charge is -2.47. The number of aliphatic carboxylic acids is 2. The van der Waals surface area contributed by atoms with E-state index < -0.39 is 24.1 Å². The van der Waals surface area contributed by atoms with E-state index >= 15 is 0 Å². The molecular formula is C29H45ClN4O7. The van der Waals surface area contributed by atoms with Gasteiger partial charge in [-0.1, -0.05) is 50.9 Å². The van der Waals surface area contributed by atoms with E-state index in [1.807, 2.05) is 36.9 Å². The smallest absolute Gasteiger partial charge is 0.328 e. The molecule has 2 amide bonds. The van der Waals surface area contributed by atoms with Crippen molar-refractivity contribution in [3.05, 3.63) is 41.4 Å². The van der Waals surface area contributed by atoms with Gasteiger partial charge in [-0.15, -0.1) is 0 Å². The number of anilines is 1. The predicted molar refractivity (Wildman–Crippen MR) is 159 cm³/mol. The third kappa shape index (κ3) is 12.2. The maximum atomic E-state index is 12.9. The van der Waals surface area contributed by atoms with Gasteiger partial charge in [0.15, 0.2) is 0 Å². The fraction of sp³-hybridized carbons (Fsp3) is 0.586. The number of nitrogens with zero attached hydrogens (tertiary/aromatic N) is 2. The van der Waals surface area contributed by atoms with Crippen LogP contribution in [-0.2, 0) is 19.2 Å². The van der Waals surface area contributed by atoms with Crippen LogP contribution in [0.4, 0.5) is 5.69 Å². The lowest BCUT2D eigenvalue weighted by molar-refractivity contribution is -0.134. The Balaban J connectivity index is 0.000000915. The van der Waals surface area contributed by atoms with Gasteiger partial charge in [0.25, 0.3) is 0 Å². The Kier molecular flexibility index (Phi) is 15.0. The molecule has 6 N–H and O–H groups in total. The van der Waals surface area contributed by atoms with Crippen LogP contribution in [0.1, 0.15) is 53.9 Å². The van der Waals surface area contributed by atoms with E-state index in [1.165, 1.54) is 0 Å². The Morgan fingerprint density at radius 2 is 1.73 bits per heavy atom. The summed E-state index contributed by atoms with van der Waals surface area (Å²) in [5.74, 6) is -2.83. The van der Waals surface area contributed by atoms with Crippen molar-refractivity contribution in [3.63, 3.8) is 0 Å². The van der Waals surface area contributed by atoms with Gasteiger partial charge >= 0.3 is 11.9 Å². The molecule has 1 aliphatic rings. The van der Waals surface area contributed by atoms with Crippen LogP contribution in [0, 0.1) is 11.8 Å². The summed E-state index contributed by atoms with van der Waals surface area (Å²) in [5.41, 5.74) is 6.73. The first-order chi connectivity index (χ1) is 19.1. The van der Waals surface area contributed by atoms with Gasteiger partial charge in [-0.3, -0.25) is 14.5 Å². The number of carbonyl (C=O) groups excluding carboxylic acids is 2. The number of benzene rings is 1. The molecule has 0 aromatic heterocycles. The van der Waals surface area contributed by atoms with Crippen molar-refractivity contribution in [3.8, 4) is 0 Å². The molecule has 0 saturated carbocycles. The number of hydrogen-bond acceptors (Lipinski definition) is 7. The molecule has 12 heteroatoms. The highest BCUT2D eigenvalue weighted by atomic mass is 35.5. The summed E-state index contributed by atoms with van der Waals surface area (Å²) >= 11 is 6.32. The van der Waals surface area contributed by atoms with E-state index in [9.17, 15) is 24.3 Å². The molecule has 1 fully saturated rings. The molecule has 230 valence electrons. The Morgan fingerprint density at radius 1 is 1.15 bits per heavy atom. The van der Waals surface area contributed by atoms with Crippen molar-refractivity contribution in [1.82, 2.24) is 10.2 Å². The third-order valence-electron chi connectivity index (χ3n) is 6.93. The van der Waals surface area contributed by atoms with Crippen LogP contribution >= 0.6 is 11.6 Å². The normalized spacial score (nSPS) is 17.5. The highest BCUT2D eigenvalue weighted by Gasteiger charge is 2.40. The molecule has 0 unspecified atom stereocenters. The zero-order chi connectivity index (χ0) is 31.3. The molecule has 1 saturated heterocycles. The number of nitrogens with one attached hydrogen (secondary N) is 1. The fourth-order valence-electron chi connectivity index (χ4n) is 4.39. The molecule has 1 aliphatic heterocycles. The maximum Gasteiger partial charge on any atom is 0.328 e. The minimum Gasteiger partial charge on any atom is -0.478 e. The van der Waals surface area contributed by atoms with Gasteiger partial charge in [-0.05, 0) is 44.7 Å². The third-order valence-corrected chi connectivity index (χ3v) is 7.25. The van der Waals surface area contributed by atoms with E-state index in [-0.39, 0.29) is 35.7 Å². The average molecular weight is 597 g/mol. The number of carboxylic acid groups (broad SMARTS) is 2.